The predicted octanol–water partition coefficient (Wildman–Crippen LogP) is 2.88. The third-order valence-corrected chi connectivity index (χ3v) is 4.24. The Kier molecular flexibility index (Phi) is 7.19. The van der Waals surface area contributed by atoms with E-state index in [-0.39, 0.29) is 18.0 Å². The Balaban J connectivity index is 1.67. The molecule has 2 N–H and O–H groups in total. The van der Waals surface area contributed by atoms with Crippen LogP contribution in [0.4, 0.5) is 10.5 Å². The zero-order valence-corrected chi connectivity index (χ0v) is 16.2. The number of likely N-dealkylation sites (tertiary alicyclic amines) is 1. The molecule has 1 aliphatic rings. The van der Waals surface area contributed by atoms with Gasteiger partial charge >= 0.3 is 6.09 Å². The summed E-state index contributed by atoms with van der Waals surface area (Å²) in [6.07, 6.45) is 1.69. The van der Waals surface area contributed by atoms with Gasteiger partial charge in [0.1, 0.15) is 5.60 Å². The summed E-state index contributed by atoms with van der Waals surface area (Å²) in [5, 5.41) is 14.6. The van der Waals surface area contributed by atoms with Crippen LogP contribution in [-0.4, -0.2) is 48.2 Å². The Labute approximate surface area is 160 Å². The van der Waals surface area contributed by atoms with Crippen molar-refractivity contribution in [1.82, 2.24) is 10.2 Å². The van der Waals surface area contributed by atoms with Crippen LogP contribution in [0.1, 0.15) is 45.6 Å². The molecule has 1 aliphatic heterocycles. The third kappa shape index (κ3) is 7.67. The lowest BCUT2D eigenvalue weighted by Gasteiger charge is -2.32. The Bertz CT molecular complexity index is 698. The summed E-state index contributed by atoms with van der Waals surface area (Å²) in [4.78, 5) is 26.1. The average Bonchev–Trinajstić information content (AvgIpc) is 2.59. The Morgan fingerprint density at radius 1 is 1.30 bits per heavy atom. The second kappa shape index (κ2) is 9.38. The minimum atomic E-state index is -0.495. The average molecular weight is 372 g/mol. The SMILES string of the molecule is CC(C)(C)OC(=O)NC1CCN(CCC(=O)Nc2cccc(C#N)c2)CC1. The first-order valence-corrected chi connectivity index (χ1v) is 9.27. The topological polar surface area (TPSA) is 94.5 Å². The van der Waals surface area contributed by atoms with Crippen molar-refractivity contribution in [2.45, 2.75) is 51.7 Å². The van der Waals surface area contributed by atoms with Crippen LogP contribution in [0, 0.1) is 11.3 Å². The van der Waals surface area contributed by atoms with Gasteiger partial charge in [-0.05, 0) is 51.8 Å². The summed E-state index contributed by atoms with van der Waals surface area (Å²) < 4.78 is 5.28. The Morgan fingerprint density at radius 2 is 2.00 bits per heavy atom. The highest BCUT2D eigenvalue weighted by molar-refractivity contribution is 5.90. The Hall–Kier alpha value is -2.59. The van der Waals surface area contributed by atoms with Crippen molar-refractivity contribution in [3.8, 4) is 6.07 Å². The maximum atomic E-state index is 12.1. The molecular formula is C20H28N4O3. The van der Waals surface area contributed by atoms with Gasteiger partial charge in [0.15, 0.2) is 0 Å². The van der Waals surface area contributed by atoms with Gasteiger partial charge in [-0.15, -0.1) is 0 Å². The zero-order chi connectivity index (χ0) is 19.9. The molecular weight excluding hydrogens is 344 g/mol. The van der Waals surface area contributed by atoms with Gasteiger partial charge in [0.25, 0.3) is 0 Å². The molecule has 7 heteroatoms. The zero-order valence-electron chi connectivity index (χ0n) is 16.2. The van der Waals surface area contributed by atoms with E-state index in [1.165, 1.54) is 0 Å². The summed E-state index contributed by atoms with van der Waals surface area (Å²) in [5.74, 6) is -0.0703. The number of carbonyl (C=O) groups is 2. The van der Waals surface area contributed by atoms with Crippen molar-refractivity contribution < 1.29 is 14.3 Å². The molecule has 1 fully saturated rings. The van der Waals surface area contributed by atoms with Crippen molar-refractivity contribution in [3.63, 3.8) is 0 Å². The molecule has 0 bridgehead atoms. The van der Waals surface area contributed by atoms with Gasteiger partial charge in [0, 0.05) is 37.8 Å². The van der Waals surface area contributed by atoms with Crippen molar-refractivity contribution >= 4 is 17.7 Å². The lowest BCUT2D eigenvalue weighted by Crippen LogP contribution is -2.46. The van der Waals surface area contributed by atoms with Gasteiger partial charge in [-0.1, -0.05) is 6.07 Å². The van der Waals surface area contributed by atoms with Crippen molar-refractivity contribution in [2.75, 3.05) is 25.0 Å². The molecule has 0 aromatic heterocycles. The molecule has 2 amide bonds. The van der Waals surface area contributed by atoms with Crippen molar-refractivity contribution in [3.05, 3.63) is 29.8 Å². The second-order valence-electron chi connectivity index (χ2n) is 7.75. The first-order valence-electron chi connectivity index (χ1n) is 9.27. The molecule has 0 radical (unpaired) electrons. The highest BCUT2D eigenvalue weighted by Crippen LogP contribution is 2.14. The van der Waals surface area contributed by atoms with E-state index in [1.54, 1.807) is 24.3 Å². The van der Waals surface area contributed by atoms with Crippen LogP contribution in [0.15, 0.2) is 24.3 Å². The van der Waals surface area contributed by atoms with Gasteiger partial charge in [0.2, 0.25) is 5.91 Å². The molecule has 7 nitrogen and oxygen atoms in total. The van der Waals surface area contributed by atoms with Crippen molar-refractivity contribution in [2.24, 2.45) is 0 Å². The quantitative estimate of drug-likeness (QED) is 0.829. The molecule has 2 rings (SSSR count). The minimum Gasteiger partial charge on any atom is -0.444 e. The lowest BCUT2D eigenvalue weighted by molar-refractivity contribution is -0.116. The number of hydrogen-bond acceptors (Lipinski definition) is 5. The molecule has 27 heavy (non-hydrogen) atoms. The van der Waals surface area contributed by atoms with Gasteiger partial charge in [-0.25, -0.2) is 4.79 Å². The Morgan fingerprint density at radius 3 is 2.63 bits per heavy atom. The number of amides is 2. The van der Waals surface area contributed by atoms with Crippen LogP contribution in [0.3, 0.4) is 0 Å². The first kappa shape index (κ1) is 20.7. The molecule has 1 heterocycles. The number of nitrogens with one attached hydrogen (secondary N) is 2. The molecule has 1 aromatic rings. The molecule has 0 aliphatic carbocycles. The monoisotopic (exact) mass is 372 g/mol. The molecule has 1 saturated heterocycles. The van der Waals surface area contributed by atoms with Crippen LogP contribution in [-0.2, 0) is 9.53 Å². The van der Waals surface area contributed by atoms with Gasteiger partial charge in [-0.2, -0.15) is 5.26 Å². The van der Waals surface area contributed by atoms with E-state index < -0.39 is 5.60 Å². The number of benzene rings is 1. The van der Waals surface area contributed by atoms with Crippen LogP contribution >= 0.6 is 0 Å². The van der Waals surface area contributed by atoms with E-state index in [4.69, 9.17) is 10.00 Å². The fourth-order valence-corrected chi connectivity index (χ4v) is 2.92. The number of rotatable bonds is 5. The summed E-state index contributed by atoms with van der Waals surface area (Å²) >= 11 is 0. The van der Waals surface area contributed by atoms with E-state index in [2.05, 4.69) is 21.6 Å². The van der Waals surface area contributed by atoms with E-state index in [9.17, 15) is 9.59 Å². The normalized spacial score (nSPS) is 15.6. The fraction of sp³-hybridized carbons (Fsp3) is 0.550. The maximum absolute atomic E-state index is 12.1. The minimum absolute atomic E-state index is 0.0703. The van der Waals surface area contributed by atoms with Gasteiger partial charge < -0.3 is 20.3 Å². The number of carbonyl (C=O) groups excluding carboxylic acids is 2. The van der Waals surface area contributed by atoms with Crippen molar-refractivity contribution in [1.29, 1.82) is 5.26 Å². The number of hydrogen-bond donors (Lipinski definition) is 2. The van der Waals surface area contributed by atoms with E-state index >= 15 is 0 Å². The number of anilines is 1. The molecule has 1 aromatic carbocycles. The molecule has 0 unspecified atom stereocenters. The lowest BCUT2D eigenvalue weighted by atomic mass is 10.1. The highest BCUT2D eigenvalue weighted by Gasteiger charge is 2.23. The highest BCUT2D eigenvalue weighted by atomic mass is 16.6. The van der Waals surface area contributed by atoms with Crippen LogP contribution in [0.5, 0.6) is 0 Å². The van der Waals surface area contributed by atoms with Gasteiger partial charge in [0.05, 0.1) is 11.6 Å². The number of nitriles is 1. The second-order valence-corrected chi connectivity index (χ2v) is 7.75. The van der Waals surface area contributed by atoms with Crippen LogP contribution < -0.4 is 10.6 Å². The fourth-order valence-electron chi connectivity index (χ4n) is 2.92. The van der Waals surface area contributed by atoms with Gasteiger partial charge in [-0.3, -0.25) is 4.79 Å². The first-order chi connectivity index (χ1) is 12.7. The number of piperidine rings is 1. The number of nitrogens with zero attached hydrogens (tertiary/aromatic N) is 2. The predicted molar refractivity (Wildman–Crippen MR) is 103 cm³/mol. The van der Waals surface area contributed by atoms with E-state index in [0.717, 1.165) is 25.9 Å². The molecule has 0 atom stereocenters. The summed E-state index contributed by atoms with van der Waals surface area (Å²) in [7, 11) is 0. The number of alkyl carbamates (subject to hydrolysis) is 1. The standard InChI is InChI=1S/C20H28N4O3/c1-20(2,3)27-19(26)23-16-7-10-24(11-8-16)12-9-18(25)22-17-6-4-5-15(13-17)14-21/h4-6,13,16H,7-12H2,1-3H3,(H,22,25)(H,23,26). The summed E-state index contributed by atoms with van der Waals surface area (Å²) in [6, 6.07) is 9.04. The van der Waals surface area contributed by atoms with Crippen LogP contribution in [0.2, 0.25) is 0 Å². The van der Waals surface area contributed by atoms with E-state index in [1.807, 2.05) is 20.8 Å². The summed E-state index contributed by atoms with van der Waals surface area (Å²) in [6.45, 7) is 7.86. The van der Waals surface area contributed by atoms with Crippen LogP contribution in [0.25, 0.3) is 0 Å². The molecule has 0 spiro atoms. The molecule has 0 saturated carbocycles. The maximum Gasteiger partial charge on any atom is 0.407 e. The smallest absolute Gasteiger partial charge is 0.407 e. The molecule has 146 valence electrons. The third-order valence-electron chi connectivity index (χ3n) is 4.24. The summed E-state index contributed by atoms with van der Waals surface area (Å²) in [5.41, 5.74) is 0.664. The largest absolute Gasteiger partial charge is 0.444 e. The number of ether oxygens (including phenoxy) is 1. The van der Waals surface area contributed by atoms with E-state index in [0.29, 0.717) is 24.2 Å².